The lowest BCUT2D eigenvalue weighted by atomic mass is 9.93. The van der Waals surface area contributed by atoms with Crippen LogP contribution in [0.1, 0.15) is 50.7 Å². The highest BCUT2D eigenvalue weighted by Gasteiger charge is 2.33. The first-order chi connectivity index (χ1) is 15.4. The molecular formula is C27H36N4O2. The Kier molecular flexibility index (Phi) is 7.08. The third-order valence-electron chi connectivity index (χ3n) is 5.94. The molecule has 0 fully saturated rings. The van der Waals surface area contributed by atoms with Gasteiger partial charge in [0.25, 0.3) is 5.56 Å². The monoisotopic (exact) mass is 448 g/mol. The molecule has 6 heteroatoms. The summed E-state index contributed by atoms with van der Waals surface area (Å²) in [7, 11) is 3.98. The number of nitrogens with zero attached hydrogens (tertiary/aromatic N) is 4. The number of hydrogen-bond acceptors (Lipinski definition) is 4. The van der Waals surface area contributed by atoms with Crippen molar-refractivity contribution in [2.45, 2.75) is 47.6 Å². The Morgan fingerprint density at radius 1 is 1.06 bits per heavy atom. The molecule has 176 valence electrons. The Morgan fingerprint density at radius 2 is 1.73 bits per heavy atom. The maximum atomic E-state index is 13.8. The van der Waals surface area contributed by atoms with Gasteiger partial charge in [-0.1, -0.05) is 45.0 Å². The first-order valence-corrected chi connectivity index (χ1v) is 11.5. The predicted molar refractivity (Wildman–Crippen MR) is 135 cm³/mol. The van der Waals surface area contributed by atoms with Crippen LogP contribution in [0, 0.1) is 19.3 Å². The maximum Gasteiger partial charge on any atom is 0.266 e. The zero-order valence-electron chi connectivity index (χ0n) is 21.1. The predicted octanol–water partition coefficient (Wildman–Crippen LogP) is 4.50. The third-order valence-corrected chi connectivity index (χ3v) is 5.94. The highest BCUT2D eigenvalue weighted by atomic mass is 16.2. The van der Waals surface area contributed by atoms with Crippen molar-refractivity contribution in [3.05, 3.63) is 69.8 Å². The number of rotatable bonds is 6. The molecule has 0 aliphatic rings. The van der Waals surface area contributed by atoms with Crippen molar-refractivity contribution in [2.24, 2.45) is 5.41 Å². The Bertz CT molecular complexity index is 1220. The van der Waals surface area contributed by atoms with Gasteiger partial charge in [-0.25, -0.2) is 4.98 Å². The minimum absolute atomic E-state index is 0.0340. The van der Waals surface area contributed by atoms with Crippen molar-refractivity contribution >= 4 is 16.8 Å². The molecule has 0 aliphatic heterocycles. The summed E-state index contributed by atoms with van der Waals surface area (Å²) in [6.07, 6.45) is 0. The van der Waals surface area contributed by atoms with Crippen LogP contribution >= 0.6 is 0 Å². The van der Waals surface area contributed by atoms with Crippen LogP contribution in [-0.4, -0.2) is 52.4 Å². The molecule has 2 aromatic carbocycles. The molecule has 0 bridgehead atoms. The fourth-order valence-corrected chi connectivity index (χ4v) is 3.97. The Labute approximate surface area is 196 Å². The van der Waals surface area contributed by atoms with E-state index >= 15 is 0 Å². The molecule has 1 unspecified atom stereocenters. The first kappa shape index (κ1) is 24.6. The number of benzene rings is 2. The number of likely N-dealkylation sites (N-methyl/N-ethyl adjacent to an activating group) is 1. The van der Waals surface area contributed by atoms with E-state index in [4.69, 9.17) is 4.98 Å². The van der Waals surface area contributed by atoms with Gasteiger partial charge in [-0.15, -0.1) is 0 Å². The van der Waals surface area contributed by atoms with E-state index in [0.717, 1.165) is 16.8 Å². The number of para-hydroxylation sites is 1. The van der Waals surface area contributed by atoms with Crippen molar-refractivity contribution in [2.75, 3.05) is 27.2 Å². The average Bonchev–Trinajstić information content (AvgIpc) is 2.74. The van der Waals surface area contributed by atoms with Gasteiger partial charge in [-0.05, 0) is 64.2 Å². The van der Waals surface area contributed by atoms with E-state index in [-0.39, 0.29) is 11.5 Å². The summed E-state index contributed by atoms with van der Waals surface area (Å²) in [4.78, 5) is 36.2. The molecule has 0 radical (unpaired) electrons. The third kappa shape index (κ3) is 5.17. The second-order valence-corrected chi connectivity index (χ2v) is 10.1. The summed E-state index contributed by atoms with van der Waals surface area (Å²) in [5, 5.41) is 0.566. The van der Waals surface area contributed by atoms with Gasteiger partial charge in [0.05, 0.1) is 22.6 Å². The minimum Gasteiger partial charge on any atom is -0.331 e. The summed E-state index contributed by atoms with van der Waals surface area (Å²) in [6, 6.07) is 13.1. The Balaban J connectivity index is 2.30. The first-order valence-electron chi connectivity index (χ1n) is 11.5. The van der Waals surface area contributed by atoms with Crippen LogP contribution < -0.4 is 5.56 Å². The van der Waals surface area contributed by atoms with Crippen molar-refractivity contribution in [1.29, 1.82) is 0 Å². The van der Waals surface area contributed by atoms with Crippen molar-refractivity contribution < 1.29 is 4.79 Å². The van der Waals surface area contributed by atoms with Gasteiger partial charge >= 0.3 is 0 Å². The zero-order chi connectivity index (χ0) is 24.5. The number of hydrogen-bond donors (Lipinski definition) is 0. The number of aryl methyl sites for hydroxylation is 2. The van der Waals surface area contributed by atoms with Gasteiger partial charge in [-0.3, -0.25) is 14.2 Å². The molecule has 1 heterocycles. The molecule has 0 aliphatic carbocycles. The number of aromatic nitrogens is 2. The van der Waals surface area contributed by atoms with Gasteiger partial charge in [0.2, 0.25) is 5.91 Å². The zero-order valence-corrected chi connectivity index (χ0v) is 21.1. The van der Waals surface area contributed by atoms with E-state index in [2.05, 4.69) is 4.90 Å². The lowest BCUT2D eigenvalue weighted by Gasteiger charge is -2.35. The standard InChI is InChI=1S/C27H36N4O2/c1-18-13-14-19(2)23(17-18)31-24(28-22-12-10-9-11-21(22)25(31)32)20(3)30(16-15-29(7)8)26(33)27(4,5)6/h9-14,17,20H,15-16H2,1-8H3. The quantitative estimate of drug-likeness (QED) is 0.557. The highest BCUT2D eigenvalue weighted by molar-refractivity contribution is 5.82. The molecule has 0 saturated heterocycles. The van der Waals surface area contributed by atoms with E-state index in [9.17, 15) is 9.59 Å². The maximum absolute atomic E-state index is 13.8. The summed E-state index contributed by atoms with van der Waals surface area (Å²) in [5.74, 6) is 0.607. The molecular weight excluding hydrogens is 412 g/mol. The molecule has 1 atom stereocenters. The number of fused-ring (bicyclic) bond motifs is 1. The van der Waals surface area contributed by atoms with Crippen LogP contribution in [0.25, 0.3) is 16.6 Å². The van der Waals surface area contributed by atoms with E-state index < -0.39 is 11.5 Å². The molecule has 3 aromatic rings. The van der Waals surface area contributed by atoms with Crippen LogP contribution in [0.15, 0.2) is 47.3 Å². The molecule has 1 amide bonds. The van der Waals surface area contributed by atoms with Crippen molar-refractivity contribution in [3.8, 4) is 5.69 Å². The van der Waals surface area contributed by atoms with Crippen LogP contribution in [0.2, 0.25) is 0 Å². The van der Waals surface area contributed by atoms with Gasteiger partial charge in [0.15, 0.2) is 0 Å². The minimum atomic E-state index is -0.554. The fourth-order valence-electron chi connectivity index (χ4n) is 3.97. The van der Waals surface area contributed by atoms with Gasteiger partial charge in [-0.2, -0.15) is 0 Å². The van der Waals surface area contributed by atoms with Gasteiger partial charge in [0, 0.05) is 18.5 Å². The Hall–Kier alpha value is -2.99. The van der Waals surface area contributed by atoms with Crippen LogP contribution in [-0.2, 0) is 4.79 Å². The SMILES string of the molecule is Cc1ccc(C)c(-n2c(C(C)N(CCN(C)C)C(=O)C(C)(C)C)nc3ccccc3c2=O)c1. The van der Waals surface area contributed by atoms with Crippen LogP contribution in [0.5, 0.6) is 0 Å². The summed E-state index contributed by atoms with van der Waals surface area (Å²) in [6.45, 7) is 13.0. The lowest BCUT2D eigenvalue weighted by molar-refractivity contribution is -0.142. The molecule has 0 N–H and O–H groups in total. The van der Waals surface area contributed by atoms with E-state index in [1.54, 1.807) is 4.57 Å². The molecule has 3 rings (SSSR count). The largest absolute Gasteiger partial charge is 0.331 e. The topological polar surface area (TPSA) is 58.4 Å². The van der Waals surface area contributed by atoms with Gasteiger partial charge < -0.3 is 9.80 Å². The van der Waals surface area contributed by atoms with Crippen LogP contribution in [0.4, 0.5) is 0 Å². The molecule has 33 heavy (non-hydrogen) atoms. The molecule has 0 saturated carbocycles. The Morgan fingerprint density at radius 3 is 2.36 bits per heavy atom. The summed E-state index contributed by atoms with van der Waals surface area (Å²) in [5.41, 5.74) is 2.81. The summed E-state index contributed by atoms with van der Waals surface area (Å²) < 4.78 is 1.70. The number of carbonyl (C=O) groups is 1. The average molecular weight is 449 g/mol. The summed E-state index contributed by atoms with van der Waals surface area (Å²) >= 11 is 0. The molecule has 1 aromatic heterocycles. The van der Waals surface area contributed by atoms with E-state index in [1.165, 1.54) is 0 Å². The number of amides is 1. The van der Waals surface area contributed by atoms with E-state index in [1.807, 2.05) is 103 Å². The molecule has 0 spiro atoms. The normalized spacial score (nSPS) is 12.9. The van der Waals surface area contributed by atoms with Crippen molar-refractivity contribution in [3.63, 3.8) is 0 Å². The van der Waals surface area contributed by atoms with Crippen molar-refractivity contribution in [1.82, 2.24) is 19.4 Å². The smallest absolute Gasteiger partial charge is 0.266 e. The fraction of sp³-hybridized carbons (Fsp3) is 0.444. The van der Waals surface area contributed by atoms with Crippen LogP contribution in [0.3, 0.4) is 0 Å². The molecule has 6 nitrogen and oxygen atoms in total. The number of carbonyl (C=O) groups excluding carboxylic acids is 1. The second kappa shape index (κ2) is 9.48. The van der Waals surface area contributed by atoms with E-state index in [0.29, 0.717) is 29.8 Å². The highest BCUT2D eigenvalue weighted by Crippen LogP contribution is 2.28. The second-order valence-electron chi connectivity index (χ2n) is 10.1. The lowest BCUT2D eigenvalue weighted by Crippen LogP contribution is -2.45. The van der Waals surface area contributed by atoms with Gasteiger partial charge in [0.1, 0.15) is 5.82 Å².